The van der Waals surface area contributed by atoms with Crippen molar-refractivity contribution in [1.29, 1.82) is 0 Å². The molecule has 0 saturated heterocycles. The van der Waals surface area contributed by atoms with Crippen LogP contribution in [0.3, 0.4) is 0 Å². The average molecular weight is 709 g/mol. The standard InChI is InChI=1S/C51H36N2S/c1-51(2)45-22-11-9-18-39(45)42-32-48-44(31-46(42)51)43-30-37(52(34-14-5-3-6-15-34)35-16-7-4-8-17-35)28-29-47(43)53(48)36-26-24-33(25-27-36)38-20-13-21-41-40-19-10-12-23-49(40)54-50(38)41/h3-32H,1-2H3. The van der Waals surface area contributed by atoms with Crippen LogP contribution < -0.4 is 4.90 Å². The average Bonchev–Trinajstić information content (AvgIpc) is 3.83. The van der Waals surface area contributed by atoms with Gasteiger partial charge in [-0.1, -0.05) is 123 Å². The molecule has 54 heavy (non-hydrogen) atoms. The zero-order valence-corrected chi connectivity index (χ0v) is 30.9. The minimum Gasteiger partial charge on any atom is -0.310 e. The summed E-state index contributed by atoms with van der Waals surface area (Å²) in [6, 6.07) is 66.9. The summed E-state index contributed by atoms with van der Waals surface area (Å²) in [5.41, 5.74) is 14.8. The Morgan fingerprint density at radius 1 is 0.444 bits per heavy atom. The van der Waals surface area contributed by atoms with Crippen molar-refractivity contribution in [3.05, 3.63) is 193 Å². The molecule has 1 aliphatic rings. The molecule has 0 radical (unpaired) electrons. The molecule has 0 unspecified atom stereocenters. The van der Waals surface area contributed by atoms with E-state index in [1.165, 1.54) is 75.4 Å². The van der Waals surface area contributed by atoms with Crippen LogP contribution in [0.5, 0.6) is 0 Å². The third-order valence-corrected chi connectivity index (χ3v) is 12.8. The van der Waals surface area contributed by atoms with Crippen molar-refractivity contribution in [2.45, 2.75) is 19.3 Å². The van der Waals surface area contributed by atoms with Crippen LogP contribution in [0, 0.1) is 0 Å². The Morgan fingerprint density at radius 2 is 1.09 bits per heavy atom. The summed E-state index contributed by atoms with van der Waals surface area (Å²) in [5, 5.41) is 5.17. The second-order valence-electron chi connectivity index (χ2n) is 15.0. The molecule has 10 aromatic rings. The Morgan fingerprint density at radius 3 is 1.87 bits per heavy atom. The zero-order valence-electron chi connectivity index (χ0n) is 30.1. The van der Waals surface area contributed by atoms with E-state index in [2.05, 4.69) is 205 Å². The summed E-state index contributed by atoms with van der Waals surface area (Å²) in [6.45, 7) is 4.74. The first-order valence-electron chi connectivity index (χ1n) is 18.7. The predicted molar refractivity (Wildman–Crippen MR) is 231 cm³/mol. The van der Waals surface area contributed by atoms with Crippen LogP contribution >= 0.6 is 11.3 Å². The molecule has 8 aromatic carbocycles. The van der Waals surface area contributed by atoms with E-state index in [0.29, 0.717) is 0 Å². The van der Waals surface area contributed by atoms with Crippen LogP contribution in [0.2, 0.25) is 0 Å². The van der Waals surface area contributed by atoms with Gasteiger partial charge in [-0.25, -0.2) is 0 Å². The summed E-state index contributed by atoms with van der Waals surface area (Å²) in [4.78, 5) is 2.36. The highest BCUT2D eigenvalue weighted by Crippen LogP contribution is 2.51. The fourth-order valence-electron chi connectivity index (χ4n) is 8.98. The Bertz CT molecular complexity index is 3020. The van der Waals surface area contributed by atoms with Gasteiger partial charge in [-0.05, 0) is 106 Å². The molecule has 1 aliphatic carbocycles. The van der Waals surface area contributed by atoms with Crippen LogP contribution in [0.1, 0.15) is 25.0 Å². The number of fused-ring (bicyclic) bond motifs is 9. The molecule has 0 spiro atoms. The van der Waals surface area contributed by atoms with Crippen molar-refractivity contribution in [3.63, 3.8) is 0 Å². The lowest BCUT2D eigenvalue weighted by Crippen LogP contribution is -2.14. The van der Waals surface area contributed by atoms with E-state index in [-0.39, 0.29) is 5.41 Å². The Balaban J connectivity index is 1.14. The fourth-order valence-corrected chi connectivity index (χ4v) is 10.2. The molecule has 3 heteroatoms. The van der Waals surface area contributed by atoms with E-state index in [9.17, 15) is 0 Å². The molecule has 0 bridgehead atoms. The van der Waals surface area contributed by atoms with Crippen molar-refractivity contribution in [1.82, 2.24) is 4.57 Å². The number of hydrogen-bond donors (Lipinski definition) is 0. The molecule has 0 saturated carbocycles. The molecular weight excluding hydrogens is 673 g/mol. The van der Waals surface area contributed by atoms with E-state index in [4.69, 9.17) is 0 Å². The Labute approximate surface area is 318 Å². The summed E-state index contributed by atoms with van der Waals surface area (Å²) >= 11 is 1.89. The van der Waals surface area contributed by atoms with Crippen LogP contribution in [-0.4, -0.2) is 4.57 Å². The lowest BCUT2D eigenvalue weighted by Gasteiger charge is -2.25. The van der Waals surface area contributed by atoms with Crippen molar-refractivity contribution in [2.24, 2.45) is 0 Å². The quantitative estimate of drug-likeness (QED) is 0.173. The summed E-state index contributed by atoms with van der Waals surface area (Å²) in [7, 11) is 0. The van der Waals surface area contributed by atoms with Gasteiger partial charge in [0.25, 0.3) is 0 Å². The monoisotopic (exact) mass is 708 g/mol. The number of thiophene rings is 1. The Hall–Kier alpha value is -6.42. The summed E-state index contributed by atoms with van der Waals surface area (Å²) < 4.78 is 5.15. The van der Waals surface area contributed by atoms with Crippen molar-refractivity contribution >= 4 is 70.4 Å². The topological polar surface area (TPSA) is 8.17 Å². The molecule has 0 atom stereocenters. The second kappa shape index (κ2) is 11.8. The van der Waals surface area contributed by atoms with Gasteiger partial charge in [0.15, 0.2) is 0 Å². The molecule has 11 rings (SSSR count). The van der Waals surface area contributed by atoms with E-state index < -0.39 is 0 Å². The highest BCUT2D eigenvalue weighted by molar-refractivity contribution is 7.26. The normalized spacial score (nSPS) is 13.1. The number of hydrogen-bond acceptors (Lipinski definition) is 2. The van der Waals surface area contributed by atoms with Gasteiger partial charge in [0, 0.05) is 59.1 Å². The lowest BCUT2D eigenvalue weighted by atomic mass is 9.82. The molecule has 0 N–H and O–H groups in total. The lowest BCUT2D eigenvalue weighted by molar-refractivity contribution is 0.661. The van der Waals surface area contributed by atoms with E-state index in [0.717, 1.165) is 22.7 Å². The van der Waals surface area contributed by atoms with Gasteiger partial charge in [-0.2, -0.15) is 0 Å². The number of benzene rings is 8. The third kappa shape index (κ3) is 4.58. The Kier molecular flexibility index (Phi) is 6.80. The first kappa shape index (κ1) is 31.1. The van der Waals surface area contributed by atoms with Gasteiger partial charge in [-0.3, -0.25) is 0 Å². The smallest absolute Gasteiger partial charge is 0.0547 e. The second-order valence-corrected chi connectivity index (χ2v) is 16.0. The van der Waals surface area contributed by atoms with Crippen LogP contribution in [0.25, 0.3) is 69.9 Å². The van der Waals surface area contributed by atoms with Crippen molar-refractivity contribution in [3.8, 4) is 27.9 Å². The van der Waals surface area contributed by atoms with E-state index in [1.54, 1.807) is 0 Å². The highest BCUT2D eigenvalue weighted by Gasteiger charge is 2.36. The molecule has 2 heterocycles. The highest BCUT2D eigenvalue weighted by atomic mass is 32.1. The minimum atomic E-state index is -0.0957. The van der Waals surface area contributed by atoms with Crippen molar-refractivity contribution < 1.29 is 0 Å². The maximum atomic E-state index is 2.49. The zero-order chi connectivity index (χ0) is 36.0. The largest absolute Gasteiger partial charge is 0.310 e. The number of aromatic nitrogens is 1. The van der Waals surface area contributed by atoms with Crippen LogP contribution in [0.4, 0.5) is 17.1 Å². The molecule has 0 fully saturated rings. The molecular formula is C51H36N2S. The summed E-state index contributed by atoms with van der Waals surface area (Å²) in [6.07, 6.45) is 0. The number of anilines is 3. The van der Waals surface area contributed by atoms with Crippen LogP contribution in [0.15, 0.2) is 182 Å². The van der Waals surface area contributed by atoms with Gasteiger partial charge >= 0.3 is 0 Å². The molecule has 2 nitrogen and oxygen atoms in total. The van der Waals surface area contributed by atoms with Gasteiger partial charge in [0.05, 0.1) is 11.0 Å². The first-order chi connectivity index (χ1) is 26.5. The summed E-state index contributed by atoms with van der Waals surface area (Å²) in [5.74, 6) is 0. The minimum absolute atomic E-state index is 0.0957. The third-order valence-electron chi connectivity index (χ3n) is 11.6. The molecule has 2 aromatic heterocycles. The maximum absolute atomic E-state index is 2.49. The number of nitrogens with zero attached hydrogens (tertiary/aromatic N) is 2. The van der Waals surface area contributed by atoms with Gasteiger partial charge in [0.2, 0.25) is 0 Å². The first-order valence-corrected chi connectivity index (χ1v) is 19.5. The van der Waals surface area contributed by atoms with Crippen LogP contribution in [-0.2, 0) is 5.41 Å². The molecule has 256 valence electrons. The SMILES string of the molecule is CC1(C)c2ccccc2-c2cc3c(cc21)c1cc(N(c2ccccc2)c2ccccc2)ccc1n3-c1ccc(-c2cccc3c2sc2ccccc23)cc1. The number of para-hydroxylation sites is 2. The molecule has 0 aliphatic heterocycles. The number of rotatable bonds is 5. The predicted octanol–water partition coefficient (Wildman–Crippen LogP) is 14.6. The van der Waals surface area contributed by atoms with E-state index in [1.807, 2.05) is 11.3 Å². The van der Waals surface area contributed by atoms with Gasteiger partial charge < -0.3 is 9.47 Å². The fraction of sp³-hybridized carbons (Fsp3) is 0.0588. The van der Waals surface area contributed by atoms with E-state index >= 15 is 0 Å². The molecule has 0 amide bonds. The maximum Gasteiger partial charge on any atom is 0.0547 e. The van der Waals surface area contributed by atoms with Gasteiger partial charge in [0.1, 0.15) is 0 Å². The van der Waals surface area contributed by atoms with Gasteiger partial charge in [-0.15, -0.1) is 11.3 Å². The van der Waals surface area contributed by atoms with Crippen molar-refractivity contribution in [2.75, 3.05) is 4.90 Å².